The number of alkyl halides is 3. The molecule has 0 saturated carbocycles. The fourth-order valence-corrected chi connectivity index (χ4v) is 4.75. The van der Waals surface area contributed by atoms with E-state index >= 15 is 0 Å². The highest BCUT2D eigenvalue weighted by atomic mass is 19.4. The molecule has 2 saturated heterocycles. The van der Waals surface area contributed by atoms with Crippen LogP contribution in [0.2, 0.25) is 0 Å². The lowest BCUT2D eigenvalue weighted by Gasteiger charge is -2.38. The Bertz CT molecular complexity index is 802. The summed E-state index contributed by atoms with van der Waals surface area (Å²) in [4.78, 5) is 15.3. The number of Topliss-reactive ketones (excluding diaryl/α,β-unsaturated/α-hetero) is 1. The number of hydrogen-bond donors (Lipinski definition) is 0. The van der Waals surface area contributed by atoms with Gasteiger partial charge in [-0.2, -0.15) is 13.2 Å². The van der Waals surface area contributed by atoms with Crippen LogP contribution >= 0.6 is 0 Å². The number of benzene rings is 2. The second-order valence-electron chi connectivity index (χ2n) is 8.05. The molecule has 2 aromatic carbocycles. The SMILES string of the molecule is O=C(Cc1ccc(C(F)(F)F)cc1)C1CC2CCC(C1)N2Cc1ccccc1. The summed E-state index contributed by atoms with van der Waals surface area (Å²) in [6, 6.07) is 16.3. The fraction of sp³-hybridized carbons (Fsp3) is 0.435. The zero-order valence-electron chi connectivity index (χ0n) is 15.7. The number of carbonyl (C=O) groups excluding carboxylic acids is 1. The van der Waals surface area contributed by atoms with Crippen LogP contribution in [-0.2, 0) is 23.9 Å². The summed E-state index contributed by atoms with van der Waals surface area (Å²) >= 11 is 0. The summed E-state index contributed by atoms with van der Waals surface area (Å²) in [7, 11) is 0. The highest BCUT2D eigenvalue weighted by Crippen LogP contribution is 2.40. The van der Waals surface area contributed by atoms with Crippen LogP contribution in [0, 0.1) is 5.92 Å². The molecule has 2 aliphatic rings. The van der Waals surface area contributed by atoms with Crippen LogP contribution in [0.15, 0.2) is 54.6 Å². The van der Waals surface area contributed by atoms with Gasteiger partial charge in [0.25, 0.3) is 0 Å². The molecule has 0 amide bonds. The molecular weight excluding hydrogens is 363 g/mol. The quantitative estimate of drug-likeness (QED) is 0.697. The Kier molecular flexibility index (Phi) is 5.28. The Labute approximate surface area is 163 Å². The number of fused-ring (bicyclic) bond motifs is 2. The number of hydrogen-bond acceptors (Lipinski definition) is 2. The first-order chi connectivity index (χ1) is 13.4. The van der Waals surface area contributed by atoms with Gasteiger partial charge in [0.05, 0.1) is 5.56 Å². The Morgan fingerprint density at radius 1 is 0.893 bits per heavy atom. The highest BCUT2D eigenvalue weighted by molar-refractivity contribution is 5.83. The molecule has 2 fully saturated rings. The van der Waals surface area contributed by atoms with E-state index < -0.39 is 11.7 Å². The minimum Gasteiger partial charge on any atom is -0.299 e. The molecule has 28 heavy (non-hydrogen) atoms. The van der Waals surface area contributed by atoms with E-state index in [1.807, 2.05) is 6.07 Å². The van der Waals surface area contributed by atoms with Crippen LogP contribution in [0.5, 0.6) is 0 Å². The van der Waals surface area contributed by atoms with E-state index in [1.54, 1.807) is 0 Å². The molecule has 0 radical (unpaired) electrons. The van der Waals surface area contributed by atoms with E-state index in [0.29, 0.717) is 17.6 Å². The molecule has 4 rings (SSSR count). The predicted octanol–water partition coefficient (Wildman–Crippen LogP) is 5.26. The molecule has 0 spiro atoms. The highest BCUT2D eigenvalue weighted by Gasteiger charge is 2.42. The maximum absolute atomic E-state index is 12.8. The van der Waals surface area contributed by atoms with Crippen molar-refractivity contribution < 1.29 is 18.0 Å². The molecule has 2 bridgehead atoms. The first kappa shape index (κ1) is 19.2. The van der Waals surface area contributed by atoms with E-state index in [-0.39, 0.29) is 18.1 Å². The van der Waals surface area contributed by atoms with Crippen molar-refractivity contribution >= 4 is 5.78 Å². The average molecular weight is 387 g/mol. The molecule has 0 aromatic heterocycles. The largest absolute Gasteiger partial charge is 0.416 e. The van der Waals surface area contributed by atoms with Gasteiger partial charge >= 0.3 is 6.18 Å². The molecular formula is C23H24F3NO. The Morgan fingerprint density at radius 3 is 2.07 bits per heavy atom. The summed E-state index contributed by atoms with van der Waals surface area (Å²) in [6.07, 6.45) is -0.136. The second-order valence-corrected chi connectivity index (χ2v) is 8.05. The lowest BCUT2D eigenvalue weighted by molar-refractivity contribution is -0.137. The fourth-order valence-electron chi connectivity index (χ4n) is 4.75. The van der Waals surface area contributed by atoms with E-state index in [9.17, 15) is 18.0 Å². The first-order valence-corrected chi connectivity index (χ1v) is 9.88. The van der Waals surface area contributed by atoms with Crippen LogP contribution < -0.4 is 0 Å². The van der Waals surface area contributed by atoms with Crippen molar-refractivity contribution in [3.63, 3.8) is 0 Å². The third kappa shape index (κ3) is 4.14. The Morgan fingerprint density at radius 2 is 1.50 bits per heavy atom. The summed E-state index contributed by atoms with van der Waals surface area (Å²) in [5.41, 5.74) is 1.29. The number of carbonyl (C=O) groups is 1. The van der Waals surface area contributed by atoms with Crippen LogP contribution in [0.3, 0.4) is 0 Å². The van der Waals surface area contributed by atoms with Crippen molar-refractivity contribution in [2.24, 2.45) is 5.92 Å². The van der Waals surface area contributed by atoms with Gasteiger partial charge in [0.1, 0.15) is 5.78 Å². The number of halogens is 3. The molecule has 148 valence electrons. The minimum atomic E-state index is -4.34. The van der Waals surface area contributed by atoms with Gasteiger partial charge in [-0.3, -0.25) is 9.69 Å². The molecule has 2 aliphatic heterocycles. The average Bonchev–Trinajstić information content (AvgIpc) is 2.89. The third-order valence-electron chi connectivity index (χ3n) is 6.21. The smallest absolute Gasteiger partial charge is 0.299 e. The van der Waals surface area contributed by atoms with Gasteiger partial charge in [-0.1, -0.05) is 42.5 Å². The van der Waals surface area contributed by atoms with Crippen molar-refractivity contribution in [1.29, 1.82) is 0 Å². The Hall–Kier alpha value is -2.14. The lowest BCUT2D eigenvalue weighted by Crippen LogP contribution is -2.44. The summed E-state index contributed by atoms with van der Waals surface area (Å²) in [6.45, 7) is 0.927. The van der Waals surface area contributed by atoms with Gasteiger partial charge < -0.3 is 0 Å². The van der Waals surface area contributed by atoms with Crippen molar-refractivity contribution in [2.75, 3.05) is 0 Å². The summed E-state index contributed by atoms with van der Waals surface area (Å²) in [5, 5.41) is 0. The molecule has 2 heterocycles. The van der Waals surface area contributed by atoms with Gasteiger partial charge in [0.15, 0.2) is 0 Å². The van der Waals surface area contributed by atoms with E-state index in [1.165, 1.54) is 17.7 Å². The lowest BCUT2D eigenvalue weighted by atomic mass is 9.85. The van der Waals surface area contributed by atoms with Crippen molar-refractivity contribution in [3.05, 3.63) is 71.3 Å². The number of piperidine rings is 1. The minimum absolute atomic E-state index is 0.0202. The predicted molar refractivity (Wildman–Crippen MR) is 102 cm³/mol. The van der Waals surface area contributed by atoms with Gasteiger partial charge in [0, 0.05) is 31.0 Å². The Balaban J connectivity index is 1.37. The van der Waals surface area contributed by atoms with Crippen molar-refractivity contribution in [2.45, 2.75) is 56.9 Å². The van der Waals surface area contributed by atoms with E-state index in [2.05, 4.69) is 29.2 Å². The maximum atomic E-state index is 12.8. The van der Waals surface area contributed by atoms with Crippen LogP contribution in [-0.4, -0.2) is 22.8 Å². The van der Waals surface area contributed by atoms with Crippen LogP contribution in [0.25, 0.3) is 0 Å². The standard InChI is InChI=1S/C23H24F3NO/c24-23(25,26)19-8-6-16(7-9-19)12-22(28)18-13-20-10-11-21(14-18)27(20)15-17-4-2-1-3-5-17/h1-9,18,20-21H,10-15H2. The molecule has 2 atom stereocenters. The van der Waals surface area contributed by atoms with Crippen molar-refractivity contribution in [3.8, 4) is 0 Å². The monoisotopic (exact) mass is 387 g/mol. The summed E-state index contributed by atoms with van der Waals surface area (Å²) in [5.74, 6) is 0.183. The second kappa shape index (κ2) is 7.70. The van der Waals surface area contributed by atoms with Crippen molar-refractivity contribution in [1.82, 2.24) is 4.90 Å². The van der Waals surface area contributed by atoms with Gasteiger partial charge in [0.2, 0.25) is 0 Å². The van der Waals surface area contributed by atoms with Crippen LogP contribution in [0.4, 0.5) is 13.2 Å². The number of nitrogens with zero attached hydrogens (tertiary/aromatic N) is 1. The summed E-state index contributed by atoms with van der Waals surface area (Å²) < 4.78 is 38.1. The zero-order chi connectivity index (χ0) is 19.7. The van der Waals surface area contributed by atoms with Gasteiger partial charge in [-0.05, 0) is 48.9 Å². The third-order valence-corrected chi connectivity index (χ3v) is 6.21. The molecule has 5 heteroatoms. The zero-order valence-corrected chi connectivity index (χ0v) is 15.7. The van der Waals surface area contributed by atoms with E-state index in [4.69, 9.17) is 0 Å². The molecule has 2 nitrogen and oxygen atoms in total. The first-order valence-electron chi connectivity index (χ1n) is 9.88. The molecule has 0 aliphatic carbocycles. The van der Waals surface area contributed by atoms with E-state index in [0.717, 1.165) is 44.4 Å². The molecule has 2 aromatic rings. The number of ketones is 1. The number of rotatable bonds is 5. The van der Waals surface area contributed by atoms with Gasteiger partial charge in [-0.25, -0.2) is 0 Å². The van der Waals surface area contributed by atoms with Gasteiger partial charge in [-0.15, -0.1) is 0 Å². The topological polar surface area (TPSA) is 20.3 Å². The molecule has 2 unspecified atom stereocenters. The molecule has 0 N–H and O–H groups in total. The normalized spacial score (nSPS) is 25.0. The van der Waals surface area contributed by atoms with Crippen LogP contribution in [0.1, 0.15) is 42.4 Å². The maximum Gasteiger partial charge on any atom is 0.416 e.